The fourth-order valence-corrected chi connectivity index (χ4v) is 8.88. The molecule has 3 heterocycles. The highest BCUT2D eigenvalue weighted by Gasteiger charge is 2.75. The van der Waals surface area contributed by atoms with Crippen LogP contribution in [0.15, 0.2) is 140 Å². The third-order valence-corrected chi connectivity index (χ3v) is 11.1. The van der Waals surface area contributed by atoms with Gasteiger partial charge in [0.05, 0.1) is 36.3 Å². The predicted octanol–water partition coefficient (Wildman–Crippen LogP) is 5.68. The summed E-state index contributed by atoms with van der Waals surface area (Å²) >= 11 is 0. The second kappa shape index (κ2) is 14.5. The molecule has 5 aromatic carbocycles. The summed E-state index contributed by atoms with van der Waals surface area (Å²) in [6, 6.07) is 37.9. The van der Waals surface area contributed by atoms with Gasteiger partial charge in [0.25, 0.3) is 0 Å². The van der Waals surface area contributed by atoms with Gasteiger partial charge in [-0.05, 0) is 52.9 Å². The van der Waals surface area contributed by atoms with E-state index in [1.54, 1.807) is 48.5 Å². The van der Waals surface area contributed by atoms with E-state index in [9.17, 15) is 19.5 Å². The summed E-state index contributed by atoms with van der Waals surface area (Å²) in [5.74, 6) is -3.27. The summed E-state index contributed by atoms with van der Waals surface area (Å²) in [7, 11) is 0. The molecule has 11 heteroatoms. The van der Waals surface area contributed by atoms with E-state index < -0.39 is 65.4 Å². The van der Waals surface area contributed by atoms with Gasteiger partial charge in [0.15, 0.2) is 0 Å². The Bertz CT molecular complexity index is 2220. The number of esters is 1. The lowest BCUT2D eigenvalue weighted by Crippen LogP contribution is -2.55. The number of cyclic esters (lactones) is 1. The Morgan fingerprint density at radius 3 is 2.04 bits per heavy atom. The average Bonchev–Trinajstić information content (AvgIpc) is 3.68. The van der Waals surface area contributed by atoms with Crippen molar-refractivity contribution in [2.75, 3.05) is 18.1 Å². The fourth-order valence-electron chi connectivity index (χ4n) is 8.88. The quantitative estimate of drug-likeness (QED) is 0.164. The number of morpholine rings is 1. The monoisotopic (exact) mass is 736 g/mol. The molecule has 3 aliphatic rings. The molecule has 2 fully saturated rings. The van der Waals surface area contributed by atoms with Crippen LogP contribution < -0.4 is 20.7 Å². The molecule has 0 radical (unpaired) electrons. The fraction of sp³-hybridized carbons (Fsp3) is 0.227. The molecule has 0 aromatic heterocycles. The number of aliphatic hydroxyl groups excluding tert-OH is 1. The SMILES string of the molecule is CC(NC(=O)N1C(=O)C2(c3ccccc31)C(C(N)=O)C1C(=O)OC(c3ccccc3)C(c3ccccc3)N1C2c1ccc(OCCO)cc1)c1ccccc1. The Morgan fingerprint density at radius 1 is 0.800 bits per heavy atom. The molecule has 8 rings (SSSR count). The predicted molar refractivity (Wildman–Crippen MR) is 204 cm³/mol. The smallest absolute Gasteiger partial charge is 0.329 e. The van der Waals surface area contributed by atoms with Crippen molar-refractivity contribution < 1.29 is 33.8 Å². The largest absolute Gasteiger partial charge is 0.491 e. The molecule has 4 N–H and O–H groups in total. The summed E-state index contributed by atoms with van der Waals surface area (Å²) in [6.07, 6.45) is -0.844. The van der Waals surface area contributed by atoms with Crippen LogP contribution in [0.5, 0.6) is 5.75 Å². The lowest BCUT2D eigenvalue weighted by Gasteiger charge is -2.46. The third kappa shape index (κ3) is 5.83. The zero-order chi connectivity index (χ0) is 38.3. The summed E-state index contributed by atoms with van der Waals surface area (Å²) < 4.78 is 12.0. The van der Waals surface area contributed by atoms with Crippen molar-refractivity contribution in [2.24, 2.45) is 11.7 Å². The maximum atomic E-state index is 15.7. The first-order chi connectivity index (χ1) is 26.8. The van der Waals surface area contributed by atoms with Crippen LogP contribution in [-0.4, -0.2) is 53.1 Å². The molecule has 5 aromatic rings. The first-order valence-corrected chi connectivity index (χ1v) is 18.3. The number of urea groups is 1. The average molecular weight is 737 g/mol. The van der Waals surface area contributed by atoms with Gasteiger partial charge in [-0.3, -0.25) is 19.3 Å². The molecule has 11 nitrogen and oxygen atoms in total. The van der Waals surface area contributed by atoms with Crippen LogP contribution in [-0.2, 0) is 24.5 Å². The summed E-state index contributed by atoms with van der Waals surface area (Å²) in [4.78, 5) is 62.0. The van der Waals surface area contributed by atoms with Gasteiger partial charge in [-0.1, -0.05) is 121 Å². The van der Waals surface area contributed by atoms with Gasteiger partial charge in [-0.15, -0.1) is 0 Å². The summed E-state index contributed by atoms with van der Waals surface area (Å²) in [5, 5.41) is 12.4. The third-order valence-electron chi connectivity index (χ3n) is 11.1. The molecule has 2 saturated heterocycles. The van der Waals surface area contributed by atoms with Crippen molar-refractivity contribution in [2.45, 2.75) is 42.6 Å². The van der Waals surface area contributed by atoms with Crippen LogP contribution in [0.3, 0.4) is 0 Å². The van der Waals surface area contributed by atoms with Crippen LogP contribution in [0.1, 0.15) is 59.0 Å². The molecule has 0 saturated carbocycles. The number of carbonyl (C=O) groups excluding carboxylic acids is 4. The van der Waals surface area contributed by atoms with E-state index in [0.717, 1.165) is 21.6 Å². The normalized spacial score (nSPS) is 24.8. The standard InChI is InChI=1S/C44H40N4O7/c1-27(28-13-5-2-6-14-28)46-43(53)47-34-20-12-11-19-33(34)44(42(47)52)35(40(45)50)37-41(51)55-38(30-17-9-4-10-18-30)36(29-15-7-3-8-16-29)48(37)39(44)31-21-23-32(24-22-31)54-26-25-49/h2-24,27,35-39,49H,25-26H2,1H3,(H2,45,50)(H,46,53). The maximum absolute atomic E-state index is 15.7. The van der Waals surface area contributed by atoms with Crippen molar-refractivity contribution in [3.8, 4) is 5.75 Å². The van der Waals surface area contributed by atoms with Crippen molar-refractivity contribution in [1.82, 2.24) is 10.2 Å². The number of hydrogen-bond donors (Lipinski definition) is 3. The Labute approximate surface area is 318 Å². The number of amides is 4. The zero-order valence-electron chi connectivity index (χ0n) is 30.0. The Kier molecular flexibility index (Phi) is 9.42. The summed E-state index contributed by atoms with van der Waals surface area (Å²) in [6.45, 7) is 1.71. The Hall–Kier alpha value is -6.30. The number of hydrogen-bond acceptors (Lipinski definition) is 8. The van der Waals surface area contributed by atoms with E-state index in [4.69, 9.17) is 15.2 Å². The number of nitrogens with zero attached hydrogens (tertiary/aromatic N) is 2. The van der Waals surface area contributed by atoms with Gasteiger partial charge in [0.1, 0.15) is 29.9 Å². The highest BCUT2D eigenvalue weighted by atomic mass is 16.6. The van der Waals surface area contributed by atoms with E-state index in [-0.39, 0.29) is 18.9 Å². The number of nitrogens with two attached hydrogens (primary N) is 1. The highest BCUT2D eigenvalue weighted by molar-refractivity contribution is 6.24. The van der Waals surface area contributed by atoms with Crippen molar-refractivity contribution in [3.05, 3.63) is 167 Å². The number of para-hydroxylation sites is 1. The molecule has 7 unspecified atom stereocenters. The molecule has 4 amide bonds. The molecule has 0 bridgehead atoms. The van der Waals surface area contributed by atoms with E-state index in [1.807, 2.05) is 103 Å². The van der Waals surface area contributed by atoms with Crippen LogP contribution in [0.25, 0.3) is 0 Å². The number of benzene rings is 5. The van der Waals surface area contributed by atoms with Gasteiger partial charge >= 0.3 is 12.0 Å². The van der Waals surface area contributed by atoms with Gasteiger partial charge in [0.2, 0.25) is 11.8 Å². The second-order valence-electron chi connectivity index (χ2n) is 14.0. The number of ether oxygens (including phenoxy) is 2. The van der Waals surface area contributed by atoms with E-state index in [2.05, 4.69) is 5.32 Å². The van der Waals surface area contributed by atoms with Crippen molar-refractivity contribution in [1.29, 1.82) is 0 Å². The first-order valence-electron chi connectivity index (χ1n) is 18.3. The number of primary amides is 1. The number of aliphatic hydroxyl groups is 1. The van der Waals surface area contributed by atoms with Crippen LogP contribution in [0.4, 0.5) is 10.5 Å². The molecule has 7 atom stereocenters. The number of fused-ring (bicyclic) bond motifs is 3. The second-order valence-corrected chi connectivity index (χ2v) is 14.0. The molecule has 3 aliphatic heterocycles. The van der Waals surface area contributed by atoms with Gasteiger partial charge in [-0.25, -0.2) is 9.69 Å². The Morgan fingerprint density at radius 2 is 1.40 bits per heavy atom. The number of carbonyl (C=O) groups is 4. The Balaban J connectivity index is 1.37. The van der Waals surface area contributed by atoms with Crippen molar-refractivity contribution in [3.63, 3.8) is 0 Å². The molecular weight excluding hydrogens is 697 g/mol. The van der Waals surface area contributed by atoms with Crippen LogP contribution in [0, 0.1) is 5.92 Å². The van der Waals surface area contributed by atoms with Gasteiger partial charge in [0, 0.05) is 0 Å². The first kappa shape index (κ1) is 35.7. The number of nitrogens with one attached hydrogen (secondary N) is 1. The van der Waals surface area contributed by atoms with Crippen molar-refractivity contribution >= 4 is 29.5 Å². The molecule has 0 aliphatic carbocycles. The minimum atomic E-state index is -1.87. The topological polar surface area (TPSA) is 151 Å². The minimum absolute atomic E-state index is 0.0721. The molecule has 1 spiro atoms. The number of anilines is 1. The van der Waals surface area contributed by atoms with E-state index in [1.165, 1.54) is 0 Å². The van der Waals surface area contributed by atoms with Gasteiger partial charge in [-0.2, -0.15) is 0 Å². The maximum Gasteiger partial charge on any atom is 0.329 e. The molecule has 278 valence electrons. The molecule has 55 heavy (non-hydrogen) atoms. The lowest BCUT2D eigenvalue weighted by atomic mass is 9.65. The lowest BCUT2D eigenvalue weighted by molar-refractivity contribution is -0.178. The number of imide groups is 1. The zero-order valence-corrected chi connectivity index (χ0v) is 30.0. The van der Waals surface area contributed by atoms with Crippen LogP contribution >= 0.6 is 0 Å². The minimum Gasteiger partial charge on any atom is -0.491 e. The molecular formula is C44H40N4O7. The van der Waals surface area contributed by atoms with E-state index >= 15 is 4.79 Å². The number of rotatable bonds is 9. The van der Waals surface area contributed by atoms with Crippen LogP contribution in [0.2, 0.25) is 0 Å². The summed E-state index contributed by atoms with van der Waals surface area (Å²) in [5.41, 5.74) is 8.11. The highest BCUT2D eigenvalue weighted by Crippen LogP contribution is 2.65. The van der Waals surface area contributed by atoms with Gasteiger partial charge < -0.3 is 25.6 Å². The van der Waals surface area contributed by atoms with E-state index in [0.29, 0.717) is 16.9 Å².